The second-order valence-corrected chi connectivity index (χ2v) is 6.16. The highest BCUT2D eigenvalue weighted by molar-refractivity contribution is 14.0. The maximum atomic E-state index is 4.28. The number of guanidine groups is 1. The number of halogens is 1. The van der Waals surface area contributed by atoms with Crippen molar-refractivity contribution in [1.29, 1.82) is 0 Å². The molecule has 0 bridgehead atoms. The van der Waals surface area contributed by atoms with E-state index in [-0.39, 0.29) is 29.5 Å². The van der Waals surface area contributed by atoms with Gasteiger partial charge in [0.2, 0.25) is 0 Å². The Bertz CT molecular complexity index is 255. The molecule has 19 heavy (non-hydrogen) atoms. The van der Waals surface area contributed by atoms with E-state index in [2.05, 4.69) is 41.7 Å². The average Bonchev–Trinajstić information content (AvgIpc) is 2.33. The fourth-order valence-electron chi connectivity index (χ4n) is 2.25. The number of nitrogens with zero attached hydrogens (tertiary/aromatic N) is 1. The SMILES string of the molecule is CN=C(NCCNC(C)(C)C)NC1CCCCC1.I. The Labute approximate surface area is 135 Å². The van der Waals surface area contributed by atoms with E-state index in [0.29, 0.717) is 6.04 Å². The Hall–Kier alpha value is -0.0400. The fourth-order valence-corrected chi connectivity index (χ4v) is 2.25. The lowest BCUT2D eigenvalue weighted by atomic mass is 9.96. The number of nitrogens with one attached hydrogen (secondary N) is 3. The van der Waals surface area contributed by atoms with Gasteiger partial charge in [0.05, 0.1) is 0 Å². The zero-order valence-corrected chi connectivity index (χ0v) is 15.2. The maximum Gasteiger partial charge on any atom is 0.191 e. The van der Waals surface area contributed by atoms with Crippen LogP contribution in [0.15, 0.2) is 4.99 Å². The number of hydrogen-bond acceptors (Lipinski definition) is 2. The Morgan fingerprint density at radius 1 is 1.11 bits per heavy atom. The Morgan fingerprint density at radius 2 is 1.74 bits per heavy atom. The van der Waals surface area contributed by atoms with E-state index < -0.39 is 0 Å². The highest BCUT2D eigenvalue weighted by Gasteiger charge is 2.14. The van der Waals surface area contributed by atoms with Gasteiger partial charge in [-0.05, 0) is 33.6 Å². The number of hydrogen-bond donors (Lipinski definition) is 3. The molecule has 0 aliphatic heterocycles. The smallest absolute Gasteiger partial charge is 0.191 e. The van der Waals surface area contributed by atoms with E-state index in [9.17, 15) is 0 Å². The van der Waals surface area contributed by atoms with Gasteiger partial charge >= 0.3 is 0 Å². The van der Waals surface area contributed by atoms with Crippen molar-refractivity contribution in [1.82, 2.24) is 16.0 Å². The summed E-state index contributed by atoms with van der Waals surface area (Å²) in [7, 11) is 1.84. The van der Waals surface area contributed by atoms with Crippen LogP contribution in [0.4, 0.5) is 0 Å². The molecule has 1 aliphatic rings. The quantitative estimate of drug-likeness (QED) is 0.303. The molecule has 3 N–H and O–H groups in total. The summed E-state index contributed by atoms with van der Waals surface area (Å²) in [6.07, 6.45) is 6.64. The zero-order chi connectivity index (χ0) is 13.4. The predicted molar refractivity (Wildman–Crippen MR) is 94.5 cm³/mol. The highest BCUT2D eigenvalue weighted by Crippen LogP contribution is 2.17. The lowest BCUT2D eigenvalue weighted by Crippen LogP contribution is -2.47. The molecule has 1 rings (SSSR count). The van der Waals surface area contributed by atoms with Crippen molar-refractivity contribution < 1.29 is 0 Å². The van der Waals surface area contributed by atoms with Crippen LogP contribution in [0.1, 0.15) is 52.9 Å². The van der Waals surface area contributed by atoms with Crippen molar-refractivity contribution >= 4 is 29.9 Å². The van der Waals surface area contributed by atoms with Gasteiger partial charge in [0.15, 0.2) is 5.96 Å². The van der Waals surface area contributed by atoms with Crippen LogP contribution in [0.3, 0.4) is 0 Å². The molecule has 1 saturated carbocycles. The molecule has 0 unspecified atom stereocenters. The van der Waals surface area contributed by atoms with E-state index in [1.54, 1.807) is 0 Å². The first-order valence-corrected chi connectivity index (χ1v) is 7.23. The molecule has 4 nitrogen and oxygen atoms in total. The van der Waals surface area contributed by atoms with Crippen LogP contribution in [0.2, 0.25) is 0 Å². The normalized spacial score (nSPS) is 17.8. The van der Waals surface area contributed by atoms with Crippen molar-refractivity contribution in [3.8, 4) is 0 Å². The molecule has 0 aromatic rings. The minimum Gasteiger partial charge on any atom is -0.355 e. The van der Waals surface area contributed by atoms with Crippen LogP contribution in [-0.2, 0) is 0 Å². The molecule has 0 amide bonds. The topological polar surface area (TPSA) is 48.5 Å². The van der Waals surface area contributed by atoms with Gasteiger partial charge in [-0.15, -0.1) is 24.0 Å². The summed E-state index contributed by atoms with van der Waals surface area (Å²) < 4.78 is 0. The van der Waals surface area contributed by atoms with Crippen LogP contribution in [0.5, 0.6) is 0 Å². The van der Waals surface area contributed by atoms with Crippen molar-refractivity contribution in [3.63, 3.8) is 0 Å². The molecule has 0 radical (unpaired) electrons. The van der Waals surface area contributed by atoms with Gasteiger partial charge in [-0.25, -0.2) is 0 Å². The van der Waals surface area contributed by atoms with E-state index >= 15 is 0 Å². The molecule has 1 aliphatic carbocycles. The predicted octanol–water partition coefficient (Wildman–Crippen LogP) is 2.49. The number of aliphatic imine (C=N–C) groups is 1. The molecule has 0 saturated heterocycles. The minimum absolute atomic E-state index is 0. The number of rotatable bonds is 4. The molecule has 5 heteroatoms. The van der Waals surface area contributed by atoms with Crippen molar-refractivity contribution in [2.75, 3.05) is 20.1 Å². The van der Waals surface area contributed by atoms with E-state index in [1.807, 2.05) is 7.05 Å². The first-order chi connectivity index (χ1) is 8.51. The van der Waals surface area contributed by atoms with Gasteiger partial charge in [-0.1, -0.05) is 19.3 Å². The summed E-state index contributed by atoms with van der Waals surface area (Å²) in [5.74, 6) is 0.942. The first-order valence-electron chi connectivity index (χ1n) is 7.23. The van der Waals surface area contributed by atoms with Crippen LogP contribution in [0.25, 0.3) is 0 Å². The minimum atomic E-state index is 0. The molecule has 0 aromatic carbocycles. The summed E-state index contributed by atoms with van der Waals surface area (Å²) in [6.45, 7) is 8.41. The zero-order valence-electron chi connectivity index (χ0n) is 12.9. The van der Waals surface area contributed by atoms with Gasteiger partial charge in [-0.3, -0.25) is 4.99 Å². The van der Waals surface area contributed by atoms with Crippen molar-refractivity contribution in [2.45, 2.75) is 64.5 Å². The maximum absolute atomic E-state index is 4.28. The average molecular weight is 382 g/mol. The van der Waals surface area contributed by atoms with E-state index in [0.717, 1.165) is 19.0 Å². The summed E-state index contributed by atoms with van der Waals surface area (Å²) in [5.41, 5.74) is 0.183. The van der Waals surface area contributed by atoms with E-state index in [4.69, 9.17) is 0 Å². The molecule has 114 valence electrons. The lowest BCUT2D eigenvalue weighted by Gasteiger charge is -2.25. The third-order valence-electron chi connectivity index (χ3n) is 3.24. The van der Waals surface area contributed by atoms with Crippen molar-refractivity contribution in [2.24, 2.45) is 4.99 Å². The fraction of sp³-hybridized carbons (Fsp3) is 0.929. The summed E-state index contributed by atoms with van der Waals surface area (Å²) in [5, 5.41) is 10.3. The standard InChI is InChI=1S/C14H30N4.HI/c1-14(2,3)17-11-10-16-13(15-4)18-12-8-6-5-7-9-12;/h12,17H,5-11H2,1-4H3,(H2,15,16,18);1H. The Kier molecular flexibility index (Phi) is 9.78. The first kappa shape index (κ1) is 19.0. The molecule has 0 atom stereocenters. The van der Waals surface area contributed by atoms with Crippen LogP contribution < -0.4 is 16.0 Å². The molecule has 0 aromatic heterocycles. The summed E-state index contributed by atoms with van der Waals surface area (Å²) in [6, 6.07) is 0.612. The van der Waals surface area contributed by atoms with Crippen LogP contribution in [0, 0.1) is 0 Å². The van der Waals surface area contributed by atoms with Crippen molar-refractivity contribution in [3.05, 3.63) is 0 Å². The van der Waals surface area contributed by atoms with Gasteiger partial charge in [0.25, 0.3) is 0 Å². The largest absolute Gasteiger partial charge is 0.355 e. The van der Waals surface area contributed by atoms with Gasteiger partial charge < -0.3 is 16.0 Å². The third kappa shape index (κ3) is 9.49. The molecule has 0 heterocycles. The molecular formula is C14H31IN4. The Morgan fingerprint density at radius 3 is 2.26 bits per heavy atom. The lowest BCUT2D eigenvalue weighted by molar-refractivity contribution is 0.407. The molecular weight excluding hydrogens is 351 g/mol. The Balaban J connectivity index is 0.00000324. The van der Waals surface area contributed by atoms with Gasteiger partial charge in [0, 0.05) is 31.7 Å². The molecule has 0 spiro atoms. The van der Waals surface area contributed by atoms with Crippen LogP contribution >= 0.6 is 24.0 Å². The van der Waals surface area contributed by atoms with Gasteiger partial charge in [0.1, 0.15) is 0 Å². The second kappa shape index (κ2) is 9.80. The van der Waals surface area contributed by atoms with Crippen LogP contribution in [-0.4, -0.2) is 37.7 Å². The second-order valence-electron chi connectivity index (χ2n) is 6.16. The molecule has 1 fully saturated rings. The summed E-state index contributed by atoms with van der Waals surface area (Å²) >= 11 is 0. The highest BCUT2D eigenvalue weighted by atomic mass is 127. The van der Waals surface area contributed by atoms with Gasteiger partial charge in [-0.2, -0.15) is 0 Å². The van der Waals surface area contributed by atoms with E-state index in [1.165, 1.54) is 32.1 Å². The third-order valence-corrected chi connectivity index (χ3v) is 3.24. The monoisotopic (exact) mass is 382 g/mol. The summed E-state index contributed by atoms with van der Waals surface area (Å²) in [4.78, 5) is 4.28.